The van der Waals surface area contributed by atoms with Crippen molar-refractivity contribution in [3.63, 3.8) is 0 Å². The van der Waals surface area contributed by atoms with Crippen LogP contribution in [0.25, 0.3) is 0 Å². The molecule has 0 saturated heterocycles. The van der Waals surface area contributed by atoms with Crippen molar-refractivity contribution in [2.24, 2.45) is 0 Å². The zero-order valence-corrected chi connectivity index (χ0v) is 15.1. The maximum Gasteiger partial charge on any atom is 0.153 e. The highest BCUT2D eigenvalue weighted by molar-refractivity contribution is 5.81. The van der Waals surface area contributed by atoms with Gasteiger partial charge >= 0.3 is 0 Å². The quantitative estimate of drug-likeness (QED) is 0.265. The average Bonchev–Trinajstić information content (AvgIpc) is 2.57. The number of unbranched alkanes of at least 4 members (excludes halogenated alkanes) is 4. The number of benzene rings is 1. The molecule has 0 aliphatic heterocycles. The van der Waals surface area contributed by atoms with E-state index in [0.29, 0.717) is 18.1 Å². The second-order valence-corrected chi connectivity index (χ2v) is 6.28. The molecule has 1 unspecified atom stereocenters. The van der Waals surface area contributed by atoms with E-state index in [1.165, 1.54) is 31.2 Å². The second-order valence-electron chi connectivity index (χ2n) is 6.28. The molecule has 0 aliphatic rings. The van der Waals surface area contributed by atoms with Gasteiger partial charge in [0.15, 0.2) is 6.29 Å². The van der Waals surface area contributed by atoms with Gasteiger partial charge in [0, 0.05) is 0 Å². The number of ether oxygens (including phenoxy) is 1. The summed E-state index contributed by atoms with van der Waals surface area (Å²) in [7, 11) is 0. The molecular weight excluding hydrogens is 284 g/mol. The maximum absolute atomic E-state index is 11.5. The number of allylic oxidation sites excluding steroid dienone is 1. The maximum atomic E-state index is 11.5. The van der Waals surface area contributed by atoms with E-state index < -0.39 is 0 Å². The number of hydrogen-bond donors (Lipinski definition) is 0. The monoisotopic (exact) mass is 316 g/mol. The van der Waals surface area contributed by atoms with Crippen LogP contribution in [-0.4, -0.2) is 12.9 Å². The van der Waals surface area contributed by atoms with E-state index >= 15 is 0 Å². The molecule has 2 nitrogen and oxygen atoms in total. The van der Waals surface area contributed by atoms with E-state index in [1.807, 2.05) is 12.1 Å². The molecule has 0 radical (unpaired) electrons. The SMILES string of the molecule is C=CCc1cc(C(C)CC)cc(C=O)c1OCCCCCCC. The van der Waals surface area contributed by atoms with Gasteiger partial charge in [-0.25, -0.2) is 0 Å². The van der Waals surface area contributed by atoms with E-state index in [9.17, 15) is 4.79 Å². The number of aldehydes is 1. The molecule has 0 N–H and O–H groups in total. The fourth-order valence-electron chi connectivity index (χ4n) is 2.71. The highest BCUT2D eigenvalue weighted by Gasteiger charge is 2.14. The fraction of sp³-hybridized carbons (Fsp3) is 0.571. The zero-order valence-electron chi connectivity index (χ0n) is 15.1. The Morgan fingerprint density at radius 2 is 1.91 bits per heavy atom. The molecule has 1 aromatic rings. The summed E-state index contributed by atoms with van der Waals surface area (Å²) in [6.07, 6.45) is 10.6. The van der Waals surface area contributed by atoms with Gasteiger partial charge in [0.25, 0.3) is 0 Å². The van der Waals surface area contributed by atoms with Crippen molar-refractivity contribution in [2.45, 2.75) is 71.6 Å². The van der Waals surface area contributed by atoms with Crippen molar-refractivity contribution < 1.29 is 9.53 Å². The Morgan fingerprint density at radius 3 is 2.52 bits per heavy atom. The lowest BCUT2D eigenvalue weighted by Gasteiger charge is -2.17. The molecule has 1 atom stereocenters. The minimum atomic E-state index is 0.445. The van der Waals surface area contributed by atoms with Crippen molar-refractivity contribution in [3.05, 3.63) is 41.5 Å². The minimum Gasteiger partial charge on any atom is -0.493 e. The minimum absolute atomic E-state index is 0.445. The van der Waals surface area contributed by atoms with Crippen LogP contribution in [0.1, 0.15) is 86.7 Å². The van der Waals surface area contributed by atoms with Gasteiger partial charge in [-0.2, -0.15) is 0 Å². The van der Waals surface area contributed by atoms with Gasteiger partial charge in [-0.05, 0) is 42.4 Å². The zero-order chi connectivity index (χ0) is 17.1. The molecule has 0 aliphatic carbocycles. The third-order valence-electron chi connectivity index (χ3n) is 4.38. The predicted molar refractivity (Wildman–Crippen MR) is 98.7 cm³/mol. The molecule has 128 valence electrons. The van der Waals surface area contributed by atoms with Gasteiger partial charge in [-0.1, -0.05) is 58.6 Å². The van der Waals surface area contributed by atoms with Crippen molar-refractivity contribution >= 4 is 6.29 Å². The van der Waals surface area contributed by atoms with Gasteiger partial charge in [0.2, 0.25) is 0 Å². The standard InChI is InChI=1S/C21H32O2/c1-5-8-9-10-11-13-23-21-18(12-6-2)14-19(17(4)7-3)15-20(21)16-22/h6,14-17H,2,5,7-13H2,1,3-4H3. The van der Waals surface area contributed by atoms with E-state index in [0.717, 1.165) is 36.9 Å². The smallest absolute Gasteiger partial charge is 0.153 e. The molecule has 2 heteroatoms. The summed E-state index contributed by atoms with van der Waals surface area (Å²) in [4.78, 5) is 11.5. The summed E-state index contributed by atoms with van der Waals surface area (Å²) in [6, 6.07) is 4.16. The molecule has 0 fully saturated rings. The van der Waals surface area contributed by atoms with Crippen molar-refractivity contribution in [1.82, 2.24) is 0 Å². The van der Waals surface area contributed by atoms with Crippen LogP contribution < -0.4 is 4.74 Å². The Bertz CT molecular complexity index is 491. The molecule has 0 saturated carbocycles. The summed E-state index contributed by atoms with van der Waals surface area (Å²) in [6.45, 7) is 11.1. The fourth-order valence-corrected chi connectivity index (χ4v) is 2.71. The second kappa shape index (κ2) is 11.0. The lowest BCUT2D eigenvalue weighted by molar-refractivity contribution is 0.111. The highest BCUT2D eigenvalue weighted by Crippen LogP contribution is 2.30. The normalized spacial score (nSPS) is 12.0. The highest BCUT2D eigenvalue weighted by atomic mass is 16.5. The van der Waals surface area contributed by atoms with E-state index in [-0.39, 0.29) is 0 Å². The molecule has 1 rings (SSSR count). The molecule has 0 aromatic heterocycles. The van der Waals surface area contributed by atoms with Crippen LogP contribution in [-0.2, 0) is 6.42 Å². The van der Waals surface area contributed by atoms with Crippen LogP contribution in [0.5, 0.6) is 5.75 Å². The first-order valence-electron chi connectivity index (χ1n) is 9.03. The Kier molecular flexibility index (Phi) is 9.35. The molecule has 1 aromatic carbocycles. The Hall–Kier alpha value is -1.57. The molecule has 23 heavy (non-hydrogen) atoms. The predicted octanol–water partition coefficient (Wildman–Crippen LogP) is 6.09. The lowest BCUT2D eigenvalue weighted by atomic mass is 9.93. The molecule has 0 amide bonds. The summed E-state index contributed by atoms with van der Waals surface area (Å²) in [5, 5.41) is 0. The number of carbonyl (C=O) groups excluding carboxylic acids is 1. The first-order valence-corrected chi connectivity index (χ1v) is 9.03. The summed E-state index contributed by atoms with van der Waals surface area (Å²) < 4.78 is 5.98. The van der Waals surface area contributed by atoms with E-state index in [1.54, 1.807) is 0 Å². The first kappa shape index (κ1) is 19.5. The molecule has 0 heterocycles. The van der Waals surface area contributed by atoms with Crippen LogP contribution >= 0.6 is 0 Å². The van der Waals surface area contributed by atoms with Crippen molar-refractivity contribution in [2.75, 3.05) is 6.61 Å². The van der Waals surface area contributed by atoms with E-state index in [2.05, 4.69) is 33.4 Å². The first-order chi connectivity index (χ1) is 11.2. The van der Waals surface area contributed by atoms with Gasteiger partial charge < -0.3 is 4.74 Å². The summed E-state index contributed by atoms with van der Waals surface area (Å²) in [5.41, 5.74) is 2.96. The van der Waals surface area contributed by atoms with Gasteiger partial charge in [-0.15, -0.1) is 6.58 Å². The third-order valence-corrected chi connectivity index (χ3v) is 4.38. The average molecular weight is 316 g/mol. The third kappa shape index (κ3) is 6.21. The van der Waals surface area contributed by atoms with Crippen LogP contribution in [0, 0.1) is 0 Å². The molecule has 0 spiro atoms. The topological polar surface area (TPSA) is 26.3 Å². The number of rotatable bonds is 12. The molecule has 0 bridgehead atoms. The molecular formula is C21H32O2. The lowest BCUT2D eigenvalue weighted by Crippen LogP contribution is -2.05. The largest absolute Gasteiger partial charge is 0.493 e. The van der Waals surface area contributed by atoms with Crippen LogP contribution in [0.3, 0.4) is 0 Å². The Balaban J connectivity index is 2.86. The van der Waals surface area contributed by atoms with Gasteiger partial charge in [-0.3, -0.25) is 4.79 Å². The number of hydrogen-bond acceptors (Lipinski definition) is 2. The Morgan fingerprint density at radius 1 is 1.17 bits per heavy atom. The van der Waals surface area contributed by atoms with Crippen molar-refractivity contribution in [3.8, 4) is 5.75 Å². The van der Waals surface area contributed by atoms with Crippen molar-refractivity contribution in [1.29, 1.82) is 0 Å². The summed E-state index contributed by atoms with van der Waals surface area (Å²) >= 11 is 0. The Labute approximate surface area is 141 Å². The van der Waals surface area contributed by atoms with E-state index in [4.69, 9.17) is 4.74 Å². The van der Waals surface area contributed by atoms with Crippen LogP contribution in [0.4, 0.5) is 0 Å². The van der Waals surface area contributed by atoms with Crippen LogP contribution in [0.15, 0.2) is 24.8 Å². The van der Waals surface area contributed by atoms with Gasteiger partial charge in [0.05, 0.1) is 12.2 Å². The summed E-state index contributed by atoms with van der Waals surface area (Å²) in [5.74, 6) is 1.20. The number of carbonyl (C=O) groups is 1. The van der Waals surface area contributed by atoms with Crippen LogP contribution in [0.2, 0.25) is 0 Å². The van der Waals surface area contributed by atoms with Gasteiger partial charge in [0.1, 0.15) is 5.75 Å².